The Bertz CT molecular complexity index is 528. The van der Waals surface area contributed by atoms with Gasteiger partial charge in [0.05, 0.1) is 9.39 Å². The van der Waals surface area contributed by atoms with Crippen LogP contribution in [-0.4, -0.2) is 18.0 Å². The molecular formula is C12H15N3S2. The Morgan fingerprint density at radius 2 is 2.29 bits per heavy atom. The fourth-order valence-corrected chi connectivity index (χ4v) is 3.51. The zero-order valence-corrected chi connectivity index (χ0v) is 11.5. The first kappa shape index (κ1) is 12.5. The molecule has 0 bridgehead atoms. The third kappa shape index (κ3) is 2.34. The molecule has 1 aliphatic heterocycles. The third-order valence-corrected chi connectivity index (χ3v) is 4.43. The van der Waals surface area contributed by atoms with Gasteiger partial charge in [-0.3, -0.25) is 4.90 Å². The molecule has 0 aromatic carbocycles. The van der Waals surface area contributed by atoms with Crippen LogP contribution in [0, 0.1) is 15.2 Å². The van der Waals surface area contributed by atoms with E-state index in [1.54, 1.807) is 0 Å². The molecular weight excluding hydrogens is 250 g/mol. The Labute approximate surface area is 110 Å². The standard InChI is InChI=1S/C12H15N3S2/c1-2-4-15-5-3-8-9(6-13)11(14)17-12(16)10(8)7-15/h2-5,7,14H2,1H3. The number of nitrogens with zero attached hydrogens (tertiary/aromatic N) is 2. The number of nitriles is 1. The summed E-state index contributed by atoms with van der Waals surface area (Å²) in [5.74, 6) is 0. The van der Waals surface area contributed by atoms with E-state index in [-0.39, 0.29) is 0 Å². The topological polar surface area (TPSA) is 53.0 Å². The lowest BCUT2D eigenvalue weighted by Crippen LogP contribution is -2.31. The van der Waals surface area contributed by atoms with Gasteiger partial charge < -0.3 is 5.73 Å². The number of nitrogens with two attached hydrogens (primary N) is 1. The predicted octanol–water partition coefficient (Wildman–Crippen LogP) is 2.70. The summed E-state index contributed by atoms with van der Waals surface area (Å²) in [5.41, 5.74) is 8.75. The van der Waals surface area contributed by atoms with Crippen LogP contribution in [0.3, 0.4) is 0 Å². The number of rotatable bonds is 2. The van der Waals surface area contributed by atoms with E-state index >= 15 is 0 Å². The summed E-state index contributed by atoms with van der Waals surface area (Å²) in [4.78, 5) is 2.39. The molecule has 0 radical (unpaired) electrons. The van der Waals surface area contributed by atoms with Crippen LogP contribution in [-0.2, 0) is 13.0 Å². The van der Waals surface area contributed by atoms with Crippen molar-refractivity contribution in [3.63, 3.8) is 0 Å². The van der Waals surface area contributed by atoms with Gasteiger partial charge in [0.15, 0.2) is 0 Å². The van der Waals surface area contributed by atoms with Gasteiger partial charge in [-0.25, -0.2) is 0 Å². The highest BCUT2D eigenvalue weighted by molar-refractivity contribution is 7.73. The van der Waals surface area contributed by atoms with E-state index in [1.165, 1.54) is 11.3 Å². The normalized spacial score (nSPS) is 15.3. The smallest absolute Gasteiger partial charge is 0.105 e. The van der Waals surface area contributed by atoms with Crippen LogP contribution in [0.4, 0.5) is 5.00 Å². The molecule has 0 saturated heterocycles. The minimum Gasteiger partial charge on any atom is -0.389 e. The summed E-state index contributed by atoms with van der Waals surface area (Å²) < 4.78 is 0.845. The minimum atomic E-state index is 0.570. The van der Waals surface area contributed by atoms with Crippen LogP contribution in [0.1, 0.15) is 30.0 Å². The fourth-order valence-electron chi connectivity index (χ4n) is 2.27. The lowest BCUT2D eigenvalue weighted by atomic mass is 9.98. The summed E-state index contributed by atoms with van der Waals surface area (Å²) >= 11 is 6.73. The van der Waals surface area contributed by atoms with E-state index in [1.807, 2.05) is 0 Å². The van der Waals surface area contributed by atoms with Gasteiger partial charge in [-0.05, 0) is 30.5 Å². The van der Waals surface area contributed by atoms with Gasteiger partial charge in [-0.1, -0.05) is 19.1 Å². The molecule has 0 amide bonds. The molecule has 90 valence electrons. The van der Waals surface area contributed by atoms with Gasteiger partial charge in [-0.2, -0.15) is 5.26 Å². The summed E-state index contributed by atoms with van der Waals surface area (Å²) in [6.07, 6.45) is 2.03. The molecule has 1 aromatic rings. The van der Waals surface area contributed by atoms with Crippen LogP contribution in [0.25, 0.3) is 0 Å². The van der Waals surface area contributed by atoms with E-state index in [0.717, 1.165) is 47.4 Å². The number of anilines is 1. The number of hydrogen-bond acceptors (Lipinski definition) is 5. The molecule has 2 heterocycles. The summed E-state index contributed by atoms with van der Waals surface area (Å²) in [6, 6.07) is 2.22. The zero-order chi connectivity index (χ0) is 12.4. The number of nitrogen functional groups attached to an aromatic ring is 1. The zero-order valence-electron chi connectivity index (χ0n) is 9.82. The maximum absolute atomic E-state index is 9.16. The lowest BCUT2D eigenvalue weighted by Gasteiger charge is -2.28. The Hall–Kier alpha value is -0.960. The van der Waals surface area contributed by atoms with Crippen molar-refractivity contribution in [2.45, 2.75) is 26.3 Å². The molecule has 1 aliphatic rings. The average molecular weight is 265 g/mol. The van der Waals surface area contributed by atoms with Gasteiger partial charge in [0, 0.05) is 13.1 Å². The second-order valence-corrected chi connectivity index (χ2v) is 5.94. The second kappa shape index (κ2) is 5.13. The van der Waals surface area contributed by atoms with Crippen LogP contribution < -0.4 is 5.73 Å². The van der Waals surface area contributed by atoms with E-state index in [4.69, 9.17) is 23.2 Å². The van der Waals surface area contributed by atoms with E-state index in [0.29, 0.717) is 10.6 Å². The number of hydrogen-bond donors (Lipinski definition) is 1. The van der Waals surface area contributed by atoms with Gasteiger partial charge in [0.25, 0.3) is 0 Å². The molecule has 17 heavy (non-hydrogen) atoms. The largest absolute Gasteiger partial charge is 0.389 e. The van der Waals surface area contributed by atoms with Crippen molar-refractivity contribution in [1.82, 2.24) is 4.90 Å². The van der Waals surface area contributed by atoms with Crippen LogP contribution in [0.5, 0.6) is 0 Å². The Morgan fingerprint density at radius 3 is 2.94 bits per heavy atom. The maximum atomic E-state index is 9.16. The molecule has 0 aliphatic carbocycles. The van der Waals surface area contributed by atoms with Crippen molar-refractivity contribution in [2.75, 3.05) is 18.8 Å². The number of fused-ring (bicyclic) bond motifs is 1. The summed E-state index contributed by atoms with van der Waals surface area (Å²) in [5, 5.41) is 9.73. The van der Waals surface area contributed by atoms with Crippen LogP contribution in [0.15, 0.2) is 0 Å². The van der Waals surface area contributed by atoms with Crippen LogP contribution in [0.2, 0.25) is 0 Å². The molecule has 3 nitrogen and oxygen atoms in total. The average Bonchev–Trinajstić information content (AvgIpc) is 2.31. The predicted molar refractivity (Wildman–Crippen MR) is 73.6 cm³/mol. The van der Waals surface area contributed by atoms with Crippen LogP contribution >= 0.6 is 23.6 Å². The highest BCUT2D eigenvalue weighted by Gasteiger charge is 2.21. The first-order chi connectivity index (χ1) is 8.17. The minimum absolute atomic E-state index is 0.570. The van der Waals surface area contributed by atoms with E-state index in [9.17, 15) is 0 Å². The fraction of sp³-hybridized carbons (Fsp3) is 0.500. The van der Waals surface area contributed by atoms with Gasteiger partial charge >= 0.3 is 0 Å². The Kier molecular flexibility index (Phi) is 3.77. The molecule has 5 heteroatoms. The Morgan fingerprint density at radius 1 is 1.53 bits per heavy atom. The molecule has 0 saturated carbocycles. The van der Waals surface area contributed by atoms with Crippen molar-refractivity contribution >= 4 is 28.6 Å². The second-order valence-electron chi connectivity index (χ2n) is 4.22. The van der Waals surface area contributed by atoms with Crippen molar-refractivity contribution in [1.29, 1.82) is 5.26 Å². The SMILES string of the molecule is CCCN1CCc2c(C#N)c(N)sc(=S)c2C1. The van der Waals surface area contributed by atoms with Crippen molar-refractivity contribution in [3.05, 3.63) is 20.5 Å². The highest BCUT2D eigenvalue weighted by Crippen LogP contribution is 2.31. The summed E-state index contributed by atoms with van der Waals surface area (Å²) in [6.45, 7) is 5.13. The molecule has 0 unspecified atom stereocenters. The Balaban J connectivity index is 2.46. The summed E-state index contributed by atoms with van der Waals surface area (Å²) in [7, 11) is 0. The van der Waals surface area contributed by atoms with Gasteiger partial charge in [-0.15, -0.1) is 11.3 Å². The van der Waals surface area contributed by atoms with Gasteiger partial charge in [0.1, 0.15) is 11.1 Å². The quantitative estimate of drug-likeness (QED) is 0.835. The maximum Gasteiger partial charge on any atom is 0.105 e. The monoisotopic (exact) mass is 265 g/mol. The first-order valence-corrected chi connectivity index (χ1v) is 6.96. The van der Waals surface area contributed by atoms with E-state index < -0.39 is 0 Å². The van der Waals surface area contributed by atoms with Crippen molar-refractivity contribution in [2.24, 2.45) is 0 Å². The van der Waals surface area contributed by atoms with Crippen molar-refractivity contribution in [3.8, 4) is 6.07 Å². The molecule has 0 fully saturated rings. The molecule has 2 rings (SSSR count). The molecule has 0 spiro atoms. The first-order valence-electron chi connectivity index (χ1n) is 5.74. The third-order valence-electron chi connectivity index (χ3n) is 3.07. The molecule has 1 aromatic heterocycles. The molecule has 2 N–H and O–H groups in total. The lowest BCUT2D eigenvalue weighted by molar-refractivity contribution is 0.254. The van der Waals surface area contributed by atoms with Gasteiger partial charge in [0.2, 0.25) is 0 Å². The highest BCUT2D eigenvalue weighted by atomic mass is 32.1. The van der Waals surface area contributed by atoms with Crippen molar-refractivity contribution < 1.29 is 0 Å². The van der Waals surface area contributed by atoms with E-state index in [2.05, 4.69) is 17.9 Å². The molecule has 0 atom stereocenters.